The fourth-order valence-electron chi connectivity index (χ4n) is 1.99. The smallest absolute Gasteiger partial charge is 0.111 e. The fraction of sp³-hybridized carbons (Fsp3) is 0.385. The van der Waals surface area contributed by atoms with Crippen molar-refractivity contribution in [2.24, 2.45) is 0 Å². The number of alkyl halides is 1. The average Bonchev–Trinajstić information content (AvgIpc) is 2.74. The maximum absolute atomic E-state index is 9.11. The van der Waals surface area contributed by atoms with Crippen LogP contribution in [0.5, 0.6) is 0 Å². The van der Waals surface area contributed by atoms with Crippen molar-refractivity contribution in [2.45, 2.75) is 13.0 Å². The van der Waals surface area contributed by atoms with Crippen molar-refractivity contribution < 1.29 is 0 Å². The third-order valence-corrected chi connectivity index (χ3v) is 3.60. The number of rotatable bonds is 5. The molecule has 1 heterocycles. The van der Waals surface area contributed by atoms with Crippen LogP contribution >= 0.6 is 23.4 Å². The number of hydrogen-bond donors (Lipinski definition) is 0. The molecule has 94 valence electrons. The molecule has 0 bridgehead atoms. The third kappa shape index (κ3) is 2.47. The van der Waals surface area contributed by atoms with E-state index >= 15 is 0 Å². The van der Waals surface area contributed by atoms with Crippen LogP contribution in [0, 0.1) is 11.3 Å². The molecule has 0 radical (unpaired) electrons. The van der Waals surface area contributed by atoms with Crippen molar-refractivity contribution >= 4 is 34.4 Å². The van der Waals surface area contributed by atoms with Gasteiger partial charge in [0, 0.05) is 24.6 Å². The number of hydrogen-bond acceptors (Lipinski definition) is 3. The van der Waals surface area contributed by atoms with E-state index in [1.54, 1.807) is 17.8 Å². The Hall–Kier alpha value is -1.18. The van der Waals surface area contributed by atoms with Gasteiger partial charge >= 0.3 is 0 Å². The largest absolute Gasteiger partial charge is 0.327 e. The van der Waals surface area contributed by atoms with Crippen molar-refractivity contribution in [3.63, 3.8) is 0 Å². The molecule has 2 rings (SSSR count). The van der Waals surface area contributed by atoms with E-state index in [1.807, 2.05) is 12.1 Å². The maximum Gasteiger partial charge on any atom is 0.111 e. The molecule has 0 spiro atoms. The molecule has 3 nitrogen and oxygen atoms in total. The molecule has 0 saturated carbocycles. The summed E-state index contributed by atoms with van der Waals surface area (Å²) in [6.07, 6.45) is 2.82. The first kappa shape index (κ1) is 13.3. The van der Waals surface area contributed by atoms with Crippen LogP contribution in [-0.4, -0.2) is 27.4 Å². The second-order valence-electron chi connectivity index (χ2n) is 3.90. The molecule has 0 atom stereocenters. The number of nitrogens with zero attached hydrogens (tertiary/aromatic N) is 3. The van der Waals surface area contributed by atoms with Crippen LogP contribution in [0.3, 0.4) is 0 Å². The van der Waals surface area contributed by atoms with Gasteiger partial charge in [-0.3, -0.25) is 0 Å². The Morgan fingerprint density at radius 3 is 3.00 bits per heavy atom. The van der Waals surface area contributed by atoms with Gasteiger partial charge in [0.1, 0.15) is 17.4 Å². The summed E-state index contributed by atoms with van der Waals surface area (Å²) in [5.41, 5.74) is 2.45. The van der Waals surface area contributed by atoms with Gasteiger partial charge in [-0.2, -0.15) is 17.0 Å². The van der Waals surface area contributed by atoms with Crippen LogP contribution in [0.4, 0.5) is 0 Å². The minimum Gasteiger partial charge on any atom is -0.327 e. The third-order valence-electron chi connectivity index (χ3n) is 2.82. The Morgan fingerprint density at radius 1 is 1.50 bits per heavy atom. The monoisotopic (exact) mass is 279 g/mol. The van der Waals surface area contributed by atoms with Crippen LogP contribution in [0.25, 0.3) is 11.0 Å². The van der Waals surface area contributed by atoms with Gasteiger partial charge in [0.05, 0.1) is 11.1 Å². The highest BCUT2D eigenvalue weighted by Crippen LogP contribution is 2.20. The maximum atomic E-state index is 9.11. The predicted molar refractivity (Wildman–Crippen MR) is 77.3 cm³/mol. The Balaban J connectivity index is 2.56. The van der Waals surface area contributed by atoms with E-state index in [1.165, 1.54) is 0 Å². The van der Waals surface area contributed by atoms with Crippen molar-refractivity contribution in [3.05, 3.63) is 29.6 Å². The van der Waals surface area contributed by atoms with E-state index in [-0.39, 0.29) is 0 Å². The molecule has 1 aromatic carbocycles. The highest BCUT2D eigenvalue weighted by Gasteiger charge is 2.12. The van der Waals surface area contributed by atoms with Crippen LogP contribution in [0.2, 0.25) is 0 Å². The zero-order valence-corrected chi connectivity index (χ0v) is 11.8. The number of imidazole rings is 1. The number of thioether (sulfide) groups is 1. The summed E-state index contributed by atoms with van der Waals surface area (Å²) in [5, 5.41) is 9.11. The normalized spacial score (nSPS) is 10.7. The fourth-order valence-corrected chi connectivity index (χ4v) is 2.53. The Bertz CT molecular complexity index is 586. The summed E-state index contributed by atoms with van der Waals surface area (Å²) in [5.74, 6) is 2.54. The van der Waals surface area contributed by atoms with Gasteiger partial charge in [-0.15, -0.1) is 11.6 Å². The molecule has 0 N–H and O–H groups in total. The SMILES string of the molecule is CSCCn1c(CCCl)nc2c(C#N)cccc21. The molecule has 5 heteroatoms. The number of aryl methyl sites for hydroxylation is 2. The van der Waals surface area contributed by atoms with Crippen LogP contribution in [-0.2, 0) is 13.0 Å². The second kappa shape index (κ2) is 6.12. The molecular formula is C13H14ClN3S. The second-order valence-corrected chi connectivity index (χ2v) is 5.26. The molecule has 2 aromatic rings. The Kier molecular flexibility index (Phi) is 4.51. The average molecular weight is 280 g/mol. The topological polar surface area (TPSA) is 41.6 Å². The van der Waals surface area contributed by atoms with Gasteiger partial charge in [0.15, 0.2) is 0 Å². The van der Waals surface area contributed by atoms with E-state index in [2.05, 4.69) is 21.9 Å². The van der Waals surface area contributed by atoms with Crippen molar-refractivity contribution in [1.82, 2.24) is 9.55 Å². The molecule has 18 heavy (non-hydrogen) atoms. The molecule has 0 unspecified atom stereocenters. The van der Waals surface area contributed by atoms with Crippen molar-refractivity contribution in [3.8, 4) is 6.07 Å². The first-order valence-corrected chi connectivity index (χ1v) is 7.67. The molecule has 0 aliphatic rings. The van der Waals surface area contributed by atoms with Crippen molar-refractivity contribution in [1.29, 1.82) is 5.26 Å². The number of para-hydroxylation sites is 1. The van der Waals surface area contributed by atoms with Gasteiger partial charge in [-0.25, -0.2) is 4.98 Å². The zero-order chi connectivity index (χ0) is 13.0. The van der Waals surface area contributed by atoms with E-state index in [0.717, 1.165) is 35.6 Å². The van der Waals surface area contributed by atoms with E-state index in [0.29, 0.717) is 11.4 Å². The Morgan fingerprint density at radius 2 is 2.33 bits per heavy atom. The van der Waals surface area contributed by atoms with Crippen LogP contribution < -0.4 is 0 Å². The van der Waals surface area contributed by atoms with E-state index < -0.39 is 0 Å². The number of halogens is 1. The first-order chi connectivity index (χ1) is 8.81. The quantitative estimate of drug-likeness (QED) is 0.790. The van der Waals surface area contributed by atoms with Gasteiger partial charge in [-0.05, 0) is 18.4 Å². The molecule has 0 aliphatic heterocycles. The summed E-state index contributed by atoms with van der Waals surface area (Å²) in [4.78, 5) is 4.57. The van der Waals surface area contributed by atoms with Gasteiger partial charge in [0.2, 0.25) is 0 Å². The summed E-state index contributed by atoms with van der Waals surface area (Å²) >= 11 is 7.62. The molecular weight excluding hydrogens is 266 g/mol. The first-order valence-electron chi connectivity index (χ1n) is 5.75. The minimum absolute atomic E-state index is 0.546. The molecule has 0 aliphatic carbocycles. The van der Waals surface area contributed by atoms with Crippen LogP contribution in [0.1, 0.15) is 11.4 Å². The highest BCUT2D eigenvalue weighted by atomic mass is 35.5. The number of aromatic nitrogens is 2. The van der Waals surface area contributed by atoms with Crippen LogP contribution in [0.15, 0.2) is 18.2 Å². The zero-order valence-electron chi connectivity index (χ0n) is 10.2. The molecule has 0 saturated heterocycles. The van der Waals surface area contributed by atoms with E-state index in [9.17, 15) is 0 Å². The number of fused-ring (bicyclic) bond motifs is 1. The standard InChI is InChI=1S/C13H14ClN3S/c1-18-8-7-17-11-4-2-3-10(9-15)13(11)16-12(17)5-6-14/h2-4H,5-8H2,1H3. The molecule has 1 aromatic heterocycles. The molecule has 0 amide bonds. The lowest BCUT2D eigenvalue weighted by molar-refractivity contribution is 0.734. The van der Waals surface area contributed by atoms with Gasteiger partial charge < -0.3 is 4.57 Å². The Labute approximate surface area is 116 Å². The summed E-state index contributed by atoms with van der Waals surface area (Å²) in [7, 11) is 0. The van der Waals surface area contributed by atoms with E-state index in [4.69, 9.17) is 16.9 Å². The van der Waals surface area contributed by atoms with Gasteiger partial charge in [-0.1, -0.05) is 6.07 Å². The summed E-state index contributed by atoms with van der Waals surface area (Å²) in [6, 6.07) is 7.92. The molecule has 0 fully saturated rings. The number of benzene rings is 1. The number of nitriles is 1. The van der Waals surface area contributed by atoms with Crippen molar-refractivity contribution in [2.75, 3.05) is 17.9 Å². The lowest BCUT2D eigenvalue weighted by atomic mass is 10.2. The highest BCUT2D eigenvalue weighted by molar-refractivity contribution is 7.98. The predicted octanol–water partition coefficient (Wildman–Crippen LogP) is 3.05. The minimum atomic E-state index is 0.546. The lowest BCUT2D eigenvalue weighted by Crippen LogP contribution is -2.06. The summed E-state index contributed by atoms with van der Waals surface area (Å²) in [6.45, 7) is 0.902. The lowest BCUT2D eigenvalue weighted by Gasteiger charge is -2.07. The van der Waals surface area contributed by atoms with Gasteiger partial charge in [0.25, 0.3) is 0 Å². The summed E-state index contributed by atoms with van der Waals surface area (Å²) < 4.78 is 2.18.